The Morgan fingerprint density at radius 1 is 1.26 bits per heavy atom. The van der Waals surface area contributed by atoms with Gasteiger partial charge in [-0.1, -0.05) is 29.3 Å². The maximum atomic E-state index is 12.5. The fourth-order valence-corrected chi connectivity index (χ4v) is 3.40. The molecule has 3 aromatic rings. The first-order valence-electron chi connectivity index (χ1n) is 8.12. The Hall–Kier alpha value is -1.90. The number of amides is 1. The molecule has 142 valence electrons. The molecule has 0 spiro atoms. The van der Waals surface area contributed by atoms with E-state index in [0.717, 1.165) is 21.4 Å². The first-order chi connectivity index (χ1) is 12.8. The van der Waals surface area contributed by atoms with Crippen LogP contribution in [0.15, 0.2) is 29.0 Å². The highest BCUT2D eigenvalue weighted by molar-refractivity contribution is 9.10. The summed E-state index contributed by atoms with van der Waals surface area (Å²) < 4.78 is 4.11. The molecule has 1 atom stereocenters. The van der Waals surface area contributed by atoms with Crippen molar-refractivity contribution in [1.29, 1.82) is 0 Å². The number of benzene rings is 1. The lowest BCUT2D eigenvalue weighted by molar-refractivity contribution is -0.119. The van der Waals surface area contributed by atoms with E-state index in [2.05, 4.69) is 36.4 Å². The summed E-state index contributed by atoms with van der Waals surface area (Å²) >= 11 is 15.8. The van der Waals surface area contributed by atoms with Crippen LogP contribution in [0, 0.1) is 13.8 Å². The van der Waals surface area contributed by atoms with Crippen molar-refractivity contribution >= 4 is 51.0 Å². The highest BCUT2D eigenvalue weighted by Crippen LogP contribution is 2.25. The number of carbonyl (C=O) groups is 1. The fraction of sp³-hybridized carbons (Fsp3) is 0.294. The molecule has 0 saturated heterocycles. The molecule has 0 saturated carbocycles. The number of carbonyl (C=O) groups excluding carboxylic acids is 1. The molecule has 3 rings (SSSR count). The van der Waals surface area contributed by atoms with Gasteiger partial charge in [-0.25, -0.2) is 9.67 Å². The summed E-state index contributed by atoms with van der Waals surface area (Å²) in [4.78, 5) is 16.7. The van der Waals surface area contributed by atoms with E-state index >= 15 is 0 Å². The summed E-state index contributed by atoms with van der Waals surface area (Å²) in [5.41, 5.74) is 2.44. The molecule has 0 aliphatic rings. The topological polar surface area (TPSA) is 77.6 Å². The molecule has 7 nitrogen and oxygen atoms in total. The highest BCUT2D eigenvalue weighted by atomic mass is 79.9. The maximum Gasteiger partial charge on any atom is 0.251 e. The van der Waals surface area contributed by atoms with E-state index in [0.29, 0.717) is 16.6 Å². The zero-order chi connectivity index (χ0) is 19.7. The van der Waals surface area contributed by atoms with Crippen LogP contribution in [0.2, 0.25) is 10.0 Å². The molecule has 27 heavy (non-hydrogen) atoms. The van der Waals surface area contributed by atoms with Gasteiger partial charge in [0.05, 0.1) is 22.4 Å². The van der Waals surface area contributed by atoms with Crippen LogP contribution in [0.3, 0.4) is 0 Å². The van der Waals surface area contributed by atoms with Crippen LogP contribution in [0.1, 0.15) is 29.9 Å². The summed E-state index contributed by atoms with van der Waals surface area (Å²) in [7, 11) is 0. The minimum absolute atomic E-state index is 0.204. The van der Waals surface area contributed by atoms with Gasteiger partial charge in [-0.2, -0.15) is 5.10 Å². The van der Waals surface area contributed by atoms with Crippen molar-refractivity contribution < 1.29 is 4.79 Å². The monoisotopic (exact) mass is 470 g/mol. The summed E-state index contributed by atoms with van der Waals surface area (Å²) in [6.45, 7) is 5.89. The number of nitrogens with zero attached hydrogens (tertiary/aromatic N) is 5. The van der Waals surface area contributed by atoms with Gasteiger partial charge in [-0.3, -0.25) is 14.8 Å². The van der Waals surface area contributed by atoms with Crippen LogP contribution in [-0.4, -0.2) is 30.5 Å². The first-order valence-corrected chi connectivity index (χ1v) is 9.67. The minimum Gasteiger partial charge on any atom is -0.291 e. The lowest BCUT2D eigenvalue weighted by Gasteiger charge is -2.13. The maximum absolute atomic E-state index is 12.5. The van der Waals surface area contributed by atoms with Crippen molar-refractivity contribution in [2.45, 2.75) is 33.4 Å². The van der Waals surface area contributed by atoms with Crippen molar-refractivity contribution in [1.82, 2.24) is 24.5 Å². The fourth-order valence-electron chi connectivity index (χ4n) is 2.62. The van der Waals surface area contributed by atoms with Crippen molar-refractivity contribution in [3.05, 3.63) is 56.0 Å². The van der Waals surface area contributed by atoms with Crippen molar-refractivity contribution in [3.8, 4) is 0 Å². The van der Waals surface area contributed by atoms with Crippen molar-refractivity contribution in [3.63, 3.8) is 0 Å². The Morgan fingerprint density at radius 3 is 2.52 bits per heavy atom. The van der Waals surface area contributed by atoms with E-state index in [1.807, 2.05) is 13.8 Å². The molecule has 0 bridgehead atoms. The molecule has 1 N–H and O–H groups in total. The minimum atomic E-state index is -0.514. The van der Waals surface area contributed by atoms with E-state index in [4.69, 9.17) is 23.2 Å². The van der Waals surface area contributed by atoms with Gasteiger partial charge in [-0.15, -0.1) is 5.10 Å². The van der Waals surface area contributed by atoms with Crippen LogP contribution in [-0.2, 0) is 11.3 Å². The van der Waals surface area contributed by atoms with Gasteiger partial charge in [-0.05, 0) is 48.8 Å². The average molecular weight is 472 g/mol. The van der Waals surface area contributed by atoms with Gasteiger partial charge >= 0.3 is 0 Å². The van der Waals surface area contributed by atoms with Gasteiger partial charge < -0.3 is 0 Å². The summed E-state index contributed by atoms with van der Waals surface area (Å²) in [6.07, 6.45) is 1.51. The Morgan fingerprint density at radius 2 is 1.93 bits per heavy atom. The van der Waals surface area contributed by atoms with E-state index < -0.39 is 6.04 Å². The third-order valence-electron chi connectivity index (χ3n) is 4.14. The highest BCUT2D eigenvalue weighted by Gasteiger charge is 2.21. The molecule has 10 heteroatoms. The van der Waals surface area contributed by atoms with E-state index in [1.165, 1.54) is 6.33 Å². The van der Waals surface area contributed by atoms with Crippen LogP contribution in [0.5, 0.6) is 0 Å². The predicted molar refractivity (Wildman–Crippen MR) is 108 cm³/mol. The number of aromatic nitrogens is 5. The number of hydrogen-bond donors (Lipinski definition) is 1. The Balaban J connectivity index is 1.72. The SMILES string of the molecule is Cc1nn(C(C)C(=O)Nc2ncn(Cc3c(Cl)cccc3Cl)n2)c(C)c1Br. The second-order valence-electron chi connectivity index (χ2n) is 6.06. The smallest absolute Gasteiger partial charge is 0.251 e. The number of hydrogen-bond acceptors (Lipinski definition) is 4. The van der Waals surface area contributed by atoms with E-state index in [-0.39, 0.29) is 11.9 Å². The average Bonchev–Trinajstić information content (AvgIpc) is 3.17. The molecule has 2 aromatic heterocycles. The number of anilines is 1. The van der Waals surface area contributed by atoms with E-state index in [9.17, 15) is 4.79 Å². The van der Waals surface area contributed by atoms with Crippen molar-refractivity contribution in [2.24, 2.45) is 0 Å². The third-order valence-corrected chi connectivity index (χ3v) is 5.99. The molecule has 0 radical (unpaired) electrons. The number of halogens is 3. The van der Waals surface area contributed by atoms with Gasteiger partial charge in [0.1, 0.15) is 12.4 Å². The number of aryl methyl sites for hydroxylation is 1. The summed E-state index contributed by atoms with van der Waals surface area (Å²) in [5.74, 6) is -0.0581. The third kappa shape index (κ3) is 4.17. The van der Waals surface area contributed by atoms with Crippen molar-refractivity contribution in [2.75, 3.05) is 5.32 Å². The first kappa shape index (κ1) is 19.9. The van der Waals surface area contributed by atoms with Gasteiger partial charge in [0, 0.05) is 15.6 Å². The van der Waals surface area contributed by atoms with Crippen LogP contribution >= 0.6 is 39.1 Å². The largest absolute Gasteiger partial charge is 0.291 e. The van der Waals surface area contributed by atoms with Gasteiger partial charge in [0.2, 0.25) is 5.95 Å². The van der Waals surface area contributed by atoms with Crippen LogP contribution in [0.25, 0.3) is 0 Å². The molecule has 1 unspecified atom stereocenters. The van der Waals surface area contributed by atoms with E-state index in [1.54, 1.807) is 34.5 Å². The number of nitrogens with one attached hydrogen (secondary N) is 1. The second-order valence-corrected chi connectivity index (χ2v) is 7.67. The van der Waals surface area contributed by atoms with Gasteiger partial charge in [0.15, 0.2) is 0 Å². The number of rotatable bonds is 5. The molecule has 1 aromatic carbocycles. The molecule has 2 heterocycles. The molecular formula is C17H17BrCl2N6O. The Labute approximate surface area is 174 Å². The summed E-state index contributed by atoms with van der Waals surface area (Å²) in [6, 6.07) is 4.78. The van der Waals surface area contributed by atoms with Gasteiger partial charge in [0.25, 0.3) is 5.91 Å². The zero-order valence-electron chi connectivity index (χ0n) is 14.9. The molecule has 0 aliphatic heterocycles. The molecule has 0 fully saturated rings. The molecular weight excluding hydrogens is 455 g/mol. The van der Waals surface area contributed by atoms with Crippen LogP contribution in [0.4, 0.5) is 5.95 Å². The Kier molecular flexibility index (Phi) is 5.88. The second kappa shape index (κ2) is 8.00. The predicted octanol–water partition coefficient (Wildman–Crippen LogP) is 4.41. The molecule has 1 amide bonds. The lowest BCUT2D eigenvalue weighted by Crippen LogP contribution is -2.25. The van der Waals surface area contributed by atoms with Crippen LogP contribution < -0.4 is 5.32 Å². The summed E-state index contributed by atoms with van der Waals surface area (Å²) in [5, 5.41) is 12.5. The quantitative estimate of drug-likeness (QED) is 0.597. The normalized spacial score (nSPS) is 12.2. The lowest BCUT2D eigenvalue weighted by atomic mass is 10.2. The molecule has 0 aliphatic carbocycles. The Bertz CT molecular complexity index is 979. The standard InChI is InChI=1S/C17H17BrCl2N6O/c1-9-15(18)10(2)26(23-9)11(3)16(27)22-17-21-8-25(24-17)7-12-13(19)5-4-6-14(12)20/h4-6,8,11H,7H2,1-3H3,(H,22,24,27). The zero-order valence-corrected chi connectivity index (χ0v) is 18.0.